The van der Waals surface area contributed by atoms with Crippen LogP contribution in [-0.2, 0) is 19.1 Å². The number of ether oxygens (including phenoxy) is 2. The summed E-state index contributed by atoms with van der Waals surface area (Å²) in [5, 5.41) is 0. The smallest absolute Gasteiger partial charge is 0.411 e. The minimum atomic E-state index is -0.644. The van der Waals surface area contributed by atoms with Crippen molar-refractivity contribution in [3.05, 3.63) is 0 Å². The second-order valence-corrected chi connectivity index (χ2v) is 5.64. The summed E-state index contributed by atoms with van der Waals surface area (Å²) in [6, 6.07) is -0.644. The van der Waals surface area contributed by atoms with E-state index < -0.39 is 23.7 Å². The summed E-state index contributed by atoms with van der Waals surface area (Å²) in [5.41, 5.74) is -0.604. The molecule has 0 bridgehead atoms. The molecule has 1 fully saturated rings. The van der Waals surface area contributed by atoms with Crippen molar-refractivity contribution in [2.45, 2.75) is 52.2 Å². The van der Waals surface area contributed by atoms with Crippen molar-refractivity contribution < 1.29 is 23.9 Å². The fraction of sp³-hybridized carbons (Fsp3) is 0.769. The Morgan fingerprint density at radius 3 is 2.42 bits per heavy atom. The maximum atomic E-state index is 11.9. The number of amides is 1. The van der Waals surface area contributed by atoms with Gasteiger partial charge in [0.25, 0.3) is 0 Å². The molecule has 108 valence electrons. The van der Waals surface area contributed by atoms with Gasteiger partial charge in [-0.15, -0.1) is 0 Å². The van der Waals surface area contributed by atoms with Gasteiger partial charge in [-0.2, -0.15) is 0 Å². The molecule has 1 aliphatic rings. The van der Waals surface area contributed by atoms with E-state index in [-0.39, 0.29) is 12.4 Å². The van der Waals surface area contributed by atoms with E-state index in [0.29, 0.717) is 13.0 Å². The molecule has 1 unspecified atom stereocenters. The summed E-state index contributed by atoms with van der Waals surface area (Å²) >= 11 is 0. The molecule has 0 N–H and O–H groups in total. The van der Waals surface area contributed by atoms with Gasteiger partial charge in [-0.1, -0.05) is 0 Å². The molecule has 0 spiro atoms. The third-order valence-electron chi connectivity index (χ3n) is 2.57. The molecule has 1 rings (SSSR count). The highest BCUT2D eigenvalue weighted by molar-refractivity contribution is 5.85. The average Bonchev–Trinajstić information content (AvgIpc) is 2.72. The van der Waals surface area contributed by atoms with Crippen LogP contribution in [0.4, 0.5) is 4.79 Å². The normalized spacial score (nSPS) is 19.2. The Morgan fingerprint density at radius 1 is 1.26 bits per heavy atom. The van der Waals surface area contributed by atoms with Gasteiger partial charge in [-0.3, -0.25) is 9.69 Å². The quantitative estimate of drug-likeness (QED) is 0.728. The summed E-state index contributed by atoms with van der Waals surface area (Å²) in [5.74, 6) is -0.770. The van der Waals surface area contributed by atoms with Crippen LogP contribution in [0.5, 0.6) is 0 Å². The highest BCUT2D eigenvalue weighted by atomic mass is 16.6. The molecule has 1 heterocycles. The van der Waals surface area contributed by atoms with Gasteiger partial charge in [0.2, 0.25) is 0 Å². The zero-order chi connectivity index (χ0) is 14.6. The van der Waals surface area contributed by atoms with Crippen LogP contribution in [0, 0.1) is 0 Å². The fourth-order valence-corrected chi connectivity index (χ4v) is 1.82. The SMILES string of the molecule is CC(=O)COC(=O)C1CCCN1C(=O)OC(C)(C)C. The van der Waals surface area contributed by atoms with Gasteiger partial charge in [0.15, 0.2) is 5.78 Å². The summed E-state index contributed by atoms with van der Waals surface area (Å²) in [7, 11) is 0. The van der Waals surface area contributed by atoms with Gasteiger partial charge < -0.3 is 9.47 Å². The third kappa shape index (κ3) is 4.89. The van der Waals surface area contributed by atoms with Crippen molar-refractivity contribution in [2.24, 2.45) is 0 Å². The average molecular weight is 271 g/mol. The lowest BCUT2D eigenvalue weighted by molar-refractivity contribution is -0.151. The van der Waals surface area contributed by atoms with Crippen LogP contribution in [0.2, 0.25) is 0 Å². The third-order valence-corrected chi connectivity index (χ3v) is 2.57. The molecule has 19 heavy (non-hydrogen) atoms. The summed E-state index contributed by atoms with van der Waals surface area (Å²) < 4.78 is 10.1. The van der Waals surface area contributed by atoms with E-state index >= 15 is 0 Å². The monoisotopic (exact) mass is 271 g/mol. The van der Waals surface area contributed by atoms with Crippen LogP contribution < -0.4 is 0 Å². The highest BCUT2D eigenvalue weighted by Gasteiger charge is 2.37. The van der Waals surface area contributed by atoms with Crippen LogP contribution in [0.1, 0.15) is 40.5 Å². The summed E-state index contributed by atoms with van der Waals surface area (Å²) in [6.45, 7) is 6.86. The predicted octanol–water partition coefficient (Wildman–Crippen LogP) is 1.52. The number of hydrogen-bond donors (Lipinski definition) is 0. The Labute approximate surface area is 113 Å². The lowest BCUT2D eigenvalue weighted by Crippen LogP contribution is -2.44. The number of nitrogens with zero attached hydrogens (tertiary/aromatic N) is 1. The molecule has 1 saturated heterocycles. The van der Waals surface area contributed by atoms with E-state index in [1.807, 2.05) is 0 Å². The van der Waals surface area contributed by atoms with E-state index in [4.69, 9.17) is 9.47 Å². The fourth-order valence-electron chi connectivity index (χ4n) is 1.82. The number of carbonyl (C=O) groups excluding carboxylic acids is 3. The largest absolute Gasteiger partial charge is 0.456 e. The van der Waals surface area contributed by atoms with Crippen LogP contribution >= 0.6 is 0 Å². The topological polar surface area (TPSA) is 72.9 Å². The highest BCUT2D eigenvalue weighted by Crippen LogP contribution is 2.21. The van der Waals surface area contributed by atoms with Crippen LogP contribution in [0.15, 0.2) is 0 Å². The summed E-state index contributed by atoms with van der Waals surface area (Å²) in [4.78, 5) is 35.9. The van der Waals surface area contributed by atoms with E-state index in [9.17, 15) is 14.4 Å². The van der Waals surface area contributed by atoms with Crippen molar-refractivity contribution in [1.29, 1.82) is 0 Å². The van der Waals surface area contributed by atoms with Gasteiger partial charge in [-0.05, 0) is 40.5 Å². The Balaban J connectivity index is 2.60. The van der Waals surface area contributed by atoms with Crippen molar-refractivity contribution in [1.82, 2.24) is 4.90 Å². The molecule has 0 aliphatic carbocycles. The number of Topliss-reactive ketones (excluding diaryl/α,β-unsaturated/α-hetero) is 1. The van der Waals surface area contributed by atoms with Gasteiger partial charge in [0, 0.05) is 6.54 Å². The first-order valence-corrected chi connectivity index (χ1v) is 6.36. The number of esters is 1. The van der Waals surface area contributed by atoms with Crippen molar-refractivity contribution in [3.63, 3.8) is 0 Å². The van der Waals surface area contributed by atoms with Crippen molar-refractivity contribution in [2.75, 3.05) is 13.2 Å². The zero-order valence-corrected chi connectivity index (χ0v) is 11.9. The second kappa shape index (κ2) is 6.04. The van der Waals surface area contributed by atoms with E-state index in [2.05, 4.69) is 0 Å². The van der Waals surface area contributed by atoms with Crippen molar-refractivity contribution >= 4 is 17.8 Å². The first kappa shape index (κ1) is 15.5. The van der Waals surface area contributed by atoms with Gasteiger partial charge in [0.05, 0.1) is 0 Å². The standard InChI is InChI=1S/C13H21NO5/c1-9(15)8-18-11(16)10-6-5-7-14(10)12(17)19-13(2,3)4/h10H,5-8H2,1-4H3. The number of rotatable bonds is 3. The molecule has 1 aliphatic heterocycles. The lowest BCUT2D eigenvalue weighted by Gasteiger charge is -2.27. The molecule has 0 aromatic rings. The minimum absolute atomic E-state index is 0.227. The Bertz CT molecular complexity index is 372. The molecule has 6 nitrogen and oxygen atoms in total. The van der Waals surface area contributed by atoms with E-state index in [0.717, 1.165) is 6.42 Å². The zero-order valence-electron chi connectivity index (χ0n) is 11.9. The number of carbonyl (C=O) groups is 3. The molecule has 0 saturated carbocycles. The maximum absolute atomic E-state index is 11.9. The molecule has 1 amide bonds. The van der Waals surface area contributed by atoms with E-state index in [1.54, 1.807) is 20.8 Å². The van der Waals surface area contributed by atoms with Crippen molar-refractivity contribution in [3.8, 4) is 0 Å². The number of ketones is 1. The molecule has 6 heteroatoms. The van der Waals surface area contributed by atoms with E-state index in [1.165, 1.54) is 11.8 Å². The first-order valence-electron chi connectivity index (χ1n) is 6.36. The first-order chi connectivity index (χ1) is 8.70. The molecule has 1 atom stereocenters. The van der Waals surface area contributed by atoms with Gasteiger partial charge in [0.1, 0.15) is 18.2 Å². The lowest BCUT2D eigenvalue weighted by atomic mass is 10.2. The van der Waals surface area contributed by atoms with Crippen LogP contribution in [0.25, 0.3) is 0 Å². The molecule has 0 radical (unpaired) electrons. The molecule has 0 aromatic carbocycles. The van der Waals surface area contributed by atoms with Crippen LogP contribution in [0.3, 0.4) is 0 Å². The molecular weight excluding hydrogens is 250 g/mol. The summed E-state index contributed by atoms with van der Waals surface area (Å²) in [6.07, 6.45) is 0.740. The van der Waals surface area contributed by atoms with Crippen LogP contribution in [-0.4, -0.2) is 47.5 Å². The Kier molecular flexibility index (Phi) is 4.91. The molecular formula is C13H21NO5. The Morgan fingerprint density at radius 2 is 1.89 bits per heavy atom. The maximum Gasteiger partial charge on any atom is 0.411 e. The predicted molar refractivity (Wildman–Crippen MR) is 67.6 cm³/mol. The minimum Gasteiger partial charge on any atom is -0.456 e. The Hall–Kier alpha value is -1.59. The van der Waals surface area contributed by atoms with Gasteiger partial charge >= 0.3 is 12.1 Å². The van der Waals surface area contributed by atoms with Gasteiger partial charge in [-0.25, -0.2) is 9.59 Å². The second-order valence-electron chi connectivity index (χ2n) is 5.64. The number of hydrogen-bond acceptors (Lipinski definition) is 5. The molecule has 0 aromatic heterocycles. The number of likely N-dealkylation sites (tertiary alicyclic amines) is 1.